The molecule has 0 amide bonds. The summed E-state index contributed by atoms with van der Waals surface area (Å²) >= 11 is 3.48. The molecule has 0 unspecified atom stereocenters. The SMILES string of the molecule is COCCN(C)c1cc(Br)cc(CN)c1. The van der Waals surface area contributed by atoms with Gasteiger partial charge in [-0.1, -0.05) is 15.9 Å². The fourth-order valence-electron chi connectivity index (χ4n) is 1.33. The molecule has 2 N–H and O–H groups in total. The van der Waals surface area contributed by atoms with E-state index < -0.39 is 0 Å². The van der Waals surface area contributed by atoms with Gasteiger partial charge in [-0.2, -0.15) is 0 Å². The lowest BCUT2D eigenvalue weighted by Crippen LogP contribution is -2.22. The normalized spacial score (nSPS) is 10.4. The van der Waals surface area contributed by atoms with Gasteiger partial charge in [0.25, 0.3) is 0 Å². The quantitative estimate of drug-likeness (QED) is 0.891. The lowest BCUT2D eigenvalue weighted by molar-refractivity contribution is 0.206. The molecule has 1 rings (SSSR count). The number of hydrogen-bond acceptors (Lipinski definition) is 3. The fraction of sp³-hybridized carbons (Fsp3) is 0.455. The number of anilines is 1. The molecule has 0 radical (unpaired) electrons. The minimum absolute atomic E-state index is 0.560. The lowest BCUT2D eigenvalue weighted by Gasteiger charge is -2.19. The third-order valence-electron chi connectivity index (χ3n) is 2.25. The highest BCUT2D eigenvalue weighted by Gasteiger charge is 2.03. The maximum atomic E-state index is 5.62. The zero-order chi connectivity index (χ0) is 11.3. The van der Waals surface area contributed by atoms with Gasteiger partial charge in [-0.05, 0) is 23.8 Å². The van der Waals surface area contributed by atoms with Crippen LogP contribution in [-0.4, -0.2) is 27.3 Å². The zero-order valence-corrected chi connectivity index (χ0v) is 10.8. The number of ether oxygens (including phenoxy) is 1. The summed E-state index contributed by atoms with van der Waals surface area (Å²) < 4.78 is 6.10. The number of benzene rings is 1. The van der Waals surface area contributed by atoms with E-state index in [1.165, 1.54) is 0 Å². The van der Waals surface area contributed by atoms with Gasteiger partial charge < -0.3 is 15.4 Å². The fourth-order valence-corrected chi connectivity index (χ4v) is 1.86. The second-order valence-corrected chi connectivity index (χ2v) is 4.35. The number of halogens is 1. The molecule has 0 heterocycles. The van der Waals surface area contributed by atoms with E-state index in [0.717, 1.165) is 28.9 Å². The first-order valence-electron chi connectivity index (χ1n) is 4.87. The van der Waals surface area contributed by atoms with Crippen molar-refractivity contribution in [1.82, 2.24) is 0 Å². The molecule has 0 aliphatic carbocycles. The maximum Gasteiger partial charge on any atom is 0.0637 e. The van der Waals surface area contributed by atoms with Crippen LogP contribution in [0.3, 0.4) is 0 Å². The number of nitrogens with zero attached hydrogens (tertiary/aromatic N) is 1. The van der Waals surface area contributed by atoms with Crippen molar-refractivity contribution < 1.29 is 4.74 Å². The summed E-state index contributed by atoms with van der Waals surface area (Å²) in [5.41, 5.74) is 7.91. The van der Waals surface area contributed by atoms with Gasteiger partial charge in [0.05, 0.1) is 6.61 Å². The van der Waals surface area contributed by atoms with Crippen molar-refractivity contribution in [2.24, 2.45) is 5.73 Å². The summed E-state index contributed by atoms with van der Waals surface area (Å²) in [6.07, 6.45) is 0. The summed E-state index contributed by atoms with van der Waals surface area (Å²) in [6.45, 7) is 2.16. The first-order valence-corrected chi connectivity index (χ1v) is 5.66. The predicted molar refractivity (Wildman–Crippen MR) is 67.2 cm³/mol. The molecule has 0 aliphatic heterocycles. The van der Waals surface area contributed by atoms with E-state index in [9.17, 15) is 0 Å². The highest BCUT2D eigenvalue weighted by atomic mass is 79.9. The van der Waals surface area contributed by atoms with E-state index in [1.807, 2.05) is 13.1 Å². The largest absolute Gasteiger partial charge is 0.383 e. The zero-order valence-electron chi connectivity index (χ0n) is 9.16. The number of nitrogens with two attached hydrogens (primary N) is 1. The van der Waals surface area contributed by atoms with Crippen molar-refractivity contribution in [3.05, 3.63) is 28.2 Å². The van der Waals surface area contributed by atoms with E-state index >= 15 is 0 Å². The average Bonchev–Trinajstić information content (AvgIpc) is 2.24. The second-order valence-electron chi connectivity index (χ2n) is 3.44. The van der Waals surface area contributed by atoms with Crippen molar-refractivity contribution in [1.29, 1.82) is 0 Å². The molecule has 0 spiro atoms. The predicted octanol–water partition coefficient (Wildman–Crippen LogP) is 1.99. The highest BCUT2D eigenvalue weighted by Crippen LogP contribution is 2.21. The molecule has 0 bridgehead atoms. The maximum absolute atomic E-state index is 5.62. The van der Waals surface area contributed by atoms with Crippen LogP contribution in [0.15, 0.2) is 22.7 Å². The Morgan fingerprint density at radius 3 is 2.73 bits per heavy atom. The lowest BCUT2D eigenvalue weighted by atomic mass is 10.2. The van der Waals surface area contributed by atoms with Gasteiger partial charge in [0.15, 0.2) is 0 Å². The molecule has 1 aromatic rings. The topological polar surface area (TPSA) is 38.5 Å². The van der Waals surface area contributed by atoms with Crippen LogP contribution in [0.5, 0.6) is 0 Å². The molecule has 4 heteroatoms. The van der Waals surface area contributed by atoms with E-state index in [-0.39, 0.29) is 0 Å². The third-order valence-corrected chi connectivity index (χ3v) is 2.71. The molecule has 84 valence electrons. The van der Waals surface area contributed by atoms with Crippen molar-refractivity contribution >= 4 is 21.6 Å². The number of rotatable bonds is 5. The van der Waals surface area contributed by atoms with E-state index in [1.54, 1.807) is 7.11 Å². The van der Waals surface area contributed by atoms with E-state index in [2.05, 4.69) is 33.0 Å². The summed E-state index contributed by atoms with van der Waals surface area (Å²) in [7, 11) is 3.75. The van der Waals surface area contributed by atoms with Gasteiger partial charge >= 0.3 is 0 Å². The molecule has 0 aromatic heterocycles. The Labute approximate surface area is 99.3 Å². The van der Waals surface area contributed by atoms with Crippen LogP contribution in [-0.2, 0) is 11.3 Å². The summed E-state index contributed by atoms with van der Waals surface area (Å²) in [4.78, 5) is 2.15. The second kappa shape index (κ2) is 6.10. The molecule has 3 nitrogen and oxygen atoms in total. The molecular weight excluding hydrogens is 256 g/mol. The Morgan fingerprint density at radius 2 is 2.13 bits per heavy atom. The molecule has 0 atom stereocenters. The van der Waals surface area contributed by atoms with Crippen LogP contribution < -0.4 is 10.6 Å². The van der Waals surface area contributed by atoms with Gasteiger partial charge in [0, 0.05) is 37.4 Å². The molecular formula is C11H17BrN2O. The van der Waals surface area contributed by atoms with Gasteiger partial charge in [-0.25, -0.2) is 0 Å². The van der Waals surface area contributed by atoms with Crippen molar-refractivity contribution in [2.45, 2.75) is 6.54 Å². The molecule has 0 saturated heterocycles. The van der Waals surface area contributed by atoms with Crippen LogP contribution in [0.25, 0.3) is 0 Å². The third kappa shape index (κ3) is 3.81. The molecule has 0 fully saturated rings. The summed E-state index contributed by atoms with van der Waals surface area (Å²) in [6, 6.07) is 6.21. The monoisotopic (exact) mass is 272 g/mol. The molecule has 1 aromatic carbocycles. The number of methoxy groups -OCH3 is 1. The Kier molecular flexibility index (Phi) is 5.08. The summed E-state index contributed by atoms with van der Waals surface area (Å²) in [5, 5.41) is 0. The minimum atomic E-state index is 0.560. The Bertz CT molecular complexity index is 317. The van der Waals surface area contributed by atoms with Crippen molar-refractivity contribution in [3.8, 4) is 0 Å². The minimum Gasteiger partial charge on any atom is -0.383 e. The van der Waals surface area contributed by atoms with Crippen LogP contribution >= 0.6 is 15.9 Å². The van der Waals surface area contributed by atoms with Gasteiger partial charge in [0.1, 0.15) is 0 Å². The molecule has 0 saturated carbocycles. The Hall–Kier alpha value is -0.580. The number of likely N-dealkylation sites (N-methyl/N-ethyl adjacent to an activating group) is 1. The smallest absolute Gasteiger partial charge is 0.0637 e. The first kappa shape index (κ1) is 12.5. The van der Waals surface area contributed by atoms with Gasteiger partial charge in [0.2, 0.25) is 0 Å². The number of hydrogen-bond donors (Lipinski definition) is 1. The van der Waals surface area contributed by atoms with Crippen molar-refractivity contribution in [3.63, 3.8) is 0 Å². The Balaban J connectivity index is 2.78. The van der Waals surface area contributed by atoms with Crippen molar-refractivity contribution in [2.75, 3.05) is 32.2 Å². The van der Waals surface area contributed by atoms with Crippen LogP contribution in [0.1, 0.15) is 5.56 Å². The standard InChI is InChI=1S/C11H17BrN2O/c1-14(3-4-15-2)11-6-9(8-13)5-10(12)7-11/h5-7H,3-4,8,13H2,1-2H3. The van der Waals surface area contributed by atoms with Gasteiger partial charge in [-0.3, -0.25) is 0 Å². The van der Waals surface area contributed by atoms with Crippen LogP contribution in [0.2, 0.25) is 0 Å². The average molecular weight is 273 g/mol. The molecule has 0 aliphatic rings. The summed E-state index contributed by atoms with van der Waals surface area (Å²) in [5.74, 6) is 0. The van der Waals surface area contributed by atoms with Gasteiger partial charge in [-0.15, -0.1) is 0 Å². The van der Waals surface area contributed by atoms with Crippen LogP contribution in [0, 0.1) is 0 Å². The highest BCUT2D eigenvalue weighted by molar-refractivity contribution is 9.10. The first-order chi connectivity index (χ1) is 7.17. The van der Waals surface area contributed by atoms with E-state index in [4.69, 9.17) is 10.5 Å². The molecule has 15 heavy (non-hydrogen) atoms. The Morgan fingerprint density at radius 1 is 1.40 bits per heavy atom. The van der Waals surface area contributed by atoms with E-state index in [0.29, 0.717) is 6.54 Å². The van der Waals surface area contributed by atoms with Crippen LogP contribution in [0.4, 0.5) is 5.69 Å².